The molecule has 5 nitrogen and oxygen atoms in total. The van der Waals surface area contributed by atoms with Crippen LogP contribution in [0.3, 0.4) is 0 Å². The van der Waals surface area contributed by atoms with Gasteiger partial charge >= 0.3 is 12.2 Å². The number of amides is 1. The van der Waals surface area contributed by atoms with Crippen LogP contribution < -0.4 is 4.90 Å². The maximum atomic E-state index is 12.7. The van der Waals surface area contributed by atoms with Gasteiger partial charge in [-0.3, -0.25) is 9.69 Å². The Kier molecular flexibility index (Phi) is 4.34. The number of hydrogen-bond acceptors (Lipinski definition) is 5. The predicted molar refractivity (Wildman–Crippen MR) is 80.6 cm³/mol. The van der Waals surface area contributed by atoms with E-state index in [0.717, 1.165) is 21.6 Å². The standard InChI is InChI=1S/C15H10F3N3O2S/c16-15(17,18)11-9-24-12(20-11)8-21(14-19-6-7-23-14)13(22)10-4-2-1-3-5-10/h1-7,9H,8H2. The van der Waals surface area contributed by atoms with Crippen molar-refractivity contribution in [1.29, 1.82) is 0 Å². The maximum absolute atomic E-state index is 12.7. The van der Waals surface area contributed by atoms with Gasteiger partial charge in [0.2, 0.25) is 0 Å². The van der Waals surface area contributed by atoms with Crippen molar-refractivity contribution in [3.05, 3.63) is 64.4 Å². The summed E-state index contributed by atoms with van der Waals surface area (Å²) in [5.74, 6) is -0.443. The first-order valence-electron chi connectivity index (χ1n) is 6.73. The zero-order valence-electron chi connectivity index (χ0n) is 12.0. The van der Waals surface area contributed by atoms with Gasteiger partial charge in [-0.25, -0.2) is 9.97 Å². The van der Waals surface area contributed by atoms with Gasteiger partial charge in [-0.2, -0.15) is 13.2 Å². The second-order valence-corrected chi connectivity index (χ2v) is 5.64. The van der Waals surface area contributed by atoms with Crippen LogP contribution >= 0.6 is 11.3 Å². The van der Waals surface area contributed by atoms with Gasteiger partial charge in [0.1, 0.15) is 11.3 Å². The minimum Gasteiger partial charge on any atom is -0.432 e. The summed E-state index contributed by atoms with van der Waals surface area (Å²) in [6.45, 7) is -0.172. The Morgan fingerprint density at radius 2 is 2.00 bits per heavy atom. The van der Waals surface area contributed by atoms with Gasteiger partial charge in [-0.15, -0.1) is 11.3 Å². The Balaban J connectivity index is 1.89. The Morgan fingerprint density at radius 1 is 1.25 bits per heavy atom. The lowest BCUT2D eigenvalue weighted by atomic mass is 10.2. The Hall–Kier alpha value is -2.68. The Morgan fingerprint density at radius 3 is 2.58 bits per heavy atom. The van der Waals surface area contributed by atoms with Crippen molar-refractivity contribution in [2.24, 2.45) is 0 Å². The molecule has 2 aromatic heterocycles. The highest BCUT2D eigenvalue weighted by molar-refractivity contribution is 7.09. The average Bonchev–Trinajstić information content (AvgIpc) is 3.24. The lowest BCUT2D eigenvalue weighted by Crippen LogP contribution is -2.30. The van der Waals surface area contributed by atoms with Crippen LogP contribution in [0, 0.1) is 0 Å². The minimum atomic E-state index is -4.52. The Labute approximate surface area is 138 Å². The molecule has 0 radical (unpaired) electrons. The largest absolute Gasteiger partial charge is 0.434 e. The zero-order valence-corrected chi connectivity index (χ0v) is 12.8. The third kappa shape index (κ3) is 3.46. The summed E-state index contributed by atoms with van der Waals surface area (Å²) >= 11 is 0.820. The van der Waals surface area contributed by atoms with Gasteiger partial charge in [-0.1, -0.05) is 18.2 Å². The molecular formula is C15H10F3N3O2S. The number of alkyl halides is 3. The van der Waals surface area contributed by atoms with Gasteiger partial charge < -0.3 is 4.42 Å². The van der Waals surface area contributed by atoms with E-state index in [4.69, 9.17) is 4.42 Å². The maximum Gasteiger partial charge on any atom is 0.434 e. The minimum absolute atomic E-state index is 0.00684. The van der Waals surface area contributed by atoms with Gasteiger partial charge in [0.25, 0.3) is 5.91 Å². The van der Waals surface area contributed by atoms with Crippen molar-refractivity contribution in [2.45, 2.75) is 12.7 Å². The third-order valence-corrected chi connectivity index (χ3v) is 3.89. The van der Waals surface area contributed by atoms with Crippen molar-refractivity contribution in [3.63, 3.8) is 0 Å². The summed E-state index contributed by atoms with van der Waals surface area (Å²) in [6, 6.07) is 8.32. The number of hydrogen-bond donors (Lipinski definition) is 0. The first-order chi connectivity index (χ1) is 11.4. The molecular weight excluding hydrogens is 343 g/mol. The second kappa shape index (κ2) is 6.44. The molecule has 3 aromatic rings. The van der Waals surface area contributed by atoms with Gasteiger partial charge in [0.05, 0.1) is 12.7 Å². The molecule has 1 amide bonds. The molecule has 0 aliphatic heterocycles. The molecule has 0 saturated heterocycles. The van der Waals surface area contributed by atoms with Crippen LogP contribution in [0.2, 0.25) is 0 Å². The van der Waals surface area contributed by atoms with E-state index in [1.807, 2.05) is 0 Å². The van der Waals surface area contributed by atoms with Crippen LogP contribution in [0.1, 0.15) is 21.1 Å². The number of halogens is 3. The van der Waals surface area contributed by atoms with E-state index in [0.29, 0.717) is 5.56 Å². The number of carbonyl (C=O) groups is 1. The molecule has 2 heterocycles. The third-order valence-electron chi connectivity index (χ3n) is 3.05. The van der Waals surface area contributed by atoms with E-state index in [-0.39, 0.29) is 17.6 Å². The highest BCUT2D eigenvalue weighted by Crippen LogP contribution is 2.31. The quantitative estimate of drug-likeness (QED) is 0.711. The predicted octanol–water partition coefficient (Wildman–Crippen LogP) is 4.00. The van der Waals surface area contributed by atoms with Crippen LogP contribution in [0.15, 0.2) is 52.6 Å². The highest BCUT2D eigenvalue weighted by Gasteiger charge is 2.34. The fourth-order valence-electron chi connectivity index (χ4n) is 1.96. The van der Waals surface area contributed by atoms with E-state index < -0.39 is 17.8 Å². The molecule has 9 heteroatoms. The zero-order chi connectivity index (χ0) is 17.2. The molecule has 0 fully saturated rings. The van der Waals surface area contributed by atoms with E-state index in [2.05, 4.69) is 9.97 Å². The molecule has 0 aliphatic rings. The molecule has 124 valence electrons. The van der Waals surface area contributed by atoms with Crippen LogP contribution in [0.25, 0.3) is 0 Å². The molecule has 3 rings (SSSR count). The van der Waals surface area contributed by atoms with Crippen molar-refractivity contribution >= 4 is 23.3 Å². The van der Waals surface area contributed by atoms with Crippen LogP contribution in [-0.2, 0) is 12.7 Å². The van der Waals surface area contributed by atoms with Crippen molar-refractivity contribution in [1.82, 2.24) is 9.97 Å². The molecule has 0 bridgehead atoms. The smallest absolute Gasteiger partial charge is 0.432 e. The highest BCUT2D eigenvalue weighted by atomic mass is 32.1. The molecule has 0 N–H and O–H groups in total. The van der Waals surface area contributed by atoms with Gasteiger partial charge in [0, 0.05) is 10.9 Å². The molecule has 0 atom stereocenters. The second-order valence-electron chi connectivity index (χ2n) is 4.70. The lowest BCUT2D eigenvalue weighted by molar-refractivity contribution is -0.140. The first kappa shape index (κ1) is 16.2. The summed E-state index contributed by atoms with van der Waals surface area (Å²) in [5.41, 5.74) is -0.620. The molecule has 0 spiro atoms. The van der Waals surface area contributed by atoms with Gasteiger partial charge in [0.15, 0.2) is 5.69 Å². The van der Waals surface area contributed by atoms with Crippen LogP contribution in [0.4, 0.5) is 19.2 Å². The molecule has 0 aliphatic carbocycles. The number of nitrogens with zero attached hydrogens (tertiary/aromatic N) is 3. The Bertz CT molecular complexity index is 816. The number of anilines is 1. The summed E-state index contributed by atoms with van der Waals surface area (Å²) in [4.78, 5) is 21.2. The van der Waals surface area contributed by atoms with E-state index in [9.17, 15) is 18.0 Å². The number of rotatable bonds is 4. The summed E-state index contributed by atoms with van der Waals surface area (Å²) in [7, 11) is 0. The average molecular weight is 353 g/mol. The van der Waals surface area contributed by atoms with Crippen molar-refractivity contribution in [2.75, 3.05) is 4.90 Å². The number of thiazole rings is 1. The fourth-order valence-corrected chi connectivity index (χ4v) is 2.75. The molecule has 1 aromatic carbocycles. The SMILES string of the molecule is O=C(c1ccccc1)N(Cc1nc(C(F)(F)F)cs1)c1ncco1. The molecule has 24 heavy (non-hydrogen) atoms. The van der Waals surface area contributed by atoms with Gasteiger partial charge in [-0.05, 0) is 12.1 Å². The monoisotopic (exact) mass is 353 g/mol. The van der Waals surface area contributed by atoms with Crippen LogP contribution in [0.5, 0.6) is 0 Å². The number of benzene rings is 1. The lowest BCUT2D eigenvalue weighted by Gasteiger charge is -2.17. The summed E-state index contributed by atoms with van der Waals surface area (Å²) in [6.07, 6.45) is -1.89. The molecule has 0 unspecified atom stereocenters. The van der Waals surface area contributed by atoms with E-state index in [1.54, 1.807) is 30.3 Å². The van der Waals surface area contributed by atoms with E-state index in [1.165, 1.54) is 12.5 Å². The fraction of sp³-hybridized carbons (Fsp3) is 0.133. The number of aromatic nitrogens is 2. The normalized spacial score (nSPS) is 11.5. The summed E-state index contributed by atoms with van der Waals surface area (Å²) < 4.78 is 43.1. The topological polar surface area (TPSA) is 59.2 Å². The van der Waals surface area contributed by atoms with Crippen molar-refractivity contribution < 1.29 is 22.4 Å². The number of oxazole rings is 1. The first-order valence-corrected chi connectivity index (χ1v) is 7.61. The number of carbonyl (C=O) groups excluding carboxylic acids is 1. The van der Waals surface area contributed by atoms with Crippen LogP contribution in [-0.4, -0.2) is 15.9 Å². The van der Waals surface area contributed by atoms with Crippen molar-refractivity contribution in [3.8, 4) is 0 Å². The molecule has 0 saturated carbocycles. The summed E-state index contributed by atoms with van der Waals surface area (Å²) in [5, 5.41) is 1.04. The van der Waals surface area contributed by atoms with E-state index >= 15 is 0 Å².